The van der Waals surface area contributed by atoms with Crippen LogP contribution in [-0.2, 0) is 5.12 Å². The summed E-state index contributed by atoms with van der Waals surface area (Å²) in [7, 11) is 0. The third kappa shape index (κ3) is 1.73. The number of aliphatic hydroxyl groups is 2. The van der Waals surface area contributed by atoms with Gasteiger partial charge in [0.2, 0.25) is 0 Å². The van der Waals surface area contributed by atoms with E-state index >= 15 is 0 Å². The highest BCUT2D eigenvalue weighted by atomic mass is 32.1. The molecule has 0 aliphatic heterocycles. The van der Waals surface area contributed by atoms with Crippen LogP contribution in [-0.4, -0.2) is 10.2 Å². The lowest BCUT2D eigenvalue weighted by Gasteiger charge is -2.12. The zero-order chi connectivity index (χ0) is 7.61. The van der Waals surface area contributed by atoms with Crippen LogP contribution in [0.1, 0.15) is 5.56 Å². The van der Waals surface area contributed by atoms with E-state index in [2.05, 4.69) is 12.6 Å². The van der Waals surface area contributed by atoms with E-state index in [1.165, 1.54) is 0 Å². The third-order valence-electron chi connectivity index (χ3n) is 1.15. The van der Waals surface area contributed by atoms with Crippen molar-refractivity contribution >= 4 is 12.6 Å². The molecule has 0 aliphatic rings. The number of hydrogen-bond acceptors (Lipinski definition) is 2. The first-order valence-corrected chi connectivity index (χ1v) is 3.22. The summed E-state index contributed by atoms with van der Waals surface area (Å²) in [5.74, 6) is 0. The lowest BCUT2D eigenvalue weighted by Crippen LogP contribution is -2.15. The van der Waals surface area contributed by atoms with Crippen LogP contribution in [0.15, 0.2) is 30.3 Å². The Morgan fingerprint density at radius 3 is 1.90 bits per heavy atom. The van der Waals surface area contributed by atoms with Crippen molar-refractivity contribution in [2.45, 2.75) is 5.12 Å². The van der Waals surface area contributed by atoms with Crippen LogP contribution >= 0.6 is 12.6 Å². The summed E-state index contributed by atoms with van der Waals surface area (Å²) in [6.45, 7) is 0. The van der Waals surface area contributed by atoms with Gasteiger partial charge in [0, 0.05) is 5.56 Å². The second kappa shape index (κ2) is 2.62. The van der Waals surface area contributed by atoms with Crippen LogP contribution in [0.3, 0.4) is 0 Å². The summed E-state index contributed by atoms with van der Waals surface area (Å²) < 4.78 is 0. The van der Waals surface area contributed by atoms with Gasteiger partial charge in [-0.15, -0.1) is 0 Å². The van der Waals surface area contributed by atoms with Gasteiger partial charge in [-0.05, 0) is 12.6 Å². The molecule has 1 rings (SSSR count). The van der Waals surface area contributed by atoms with E-state index < -0.39 is 5.12 Å². The first-order valence-electron chi connectivity index (χ1n) is 2.81. The molecule has 3 heteroatoms. The topological polar surface area (TPSA) is 40.5 Å². The van der Waals surface area contributed by atoms with Gasteiger partial charge in [-0.1, -0.05) is 30.3 Å². The Balaban J connectivity index is 2.97. The molecule has 0 saturated carbocycles. The summed E-state index contributed by atoms with van der Waals surface area (Å²) in [5.41, 5.74) is 0.324. The lowest BCUT2D eigenvalue weighted by molar-refractivity contribution is -0.0795. The van der Waals surface area contributed by atoms with E-state index in [0.717, 1.165) is 0 Å². The van der Waals surface area contributed by atoms with Gasteiger partial charge in [-0.3, -0.25) is 0 Å². The van der Waals surface area contributed by atoms with Crippen molar-refractivity contribution in [3.05, 3.63) is 35.9 Å². The van der Waals surface area contributed by atoms with Crippen LogP contribution in [0.25, 0.3) is 0 Å². The van der Waals surface area contributed by atoms with Crippen molar-refractivity contribution in [2.24, 2.45) is 0 Å². The zero-order valence-corrected chi connectivity index (χ0v) is 6.01. The minimum absolute atomic E-state index is 0.324. The maximum atomic E-state index is 8.86. The van der Waals surface area contributed by atoms with Crippen molar-refractivity contribution < 1.29 is 10.2 Å². The van der Waals surface area contributed by atoms with Crippen LogP contribution in [0.5, 0.6) is 0 Å². The van der Waals surface area contributed by atoms with E-state index in [9.17, 15) is 0 Å². The molecule has 0 aromatic heterocycles. The van der Waals surface area contributed by atoms with Gasteiger partial charge >= 0.3 is 0 Å². The second-order valence-corrected chi connectivity index (χ2v) is 2.54. The second-order valence-electron chi connectivity index (χ2n) is 1.97. The molecular formula is C7H7O2S. The molecule has 1 aromatic carbocycles. The normalized spacial score (nSPS) is 11.5. The molecule has 10 heavy (non-hydrogen) atoms. The van der Waals surface area contributed by atoms with Crippen LogP contribution in [0, 0.1) is 0 Å². The SMILES string of the molecule is OC(O)([S])c1ccccc1. The number of hydrogen-bond donors (Lipinski definition) is 2. The molecule has 0 fully saturated rings. The van der Waals surface area contributed by atoms with E-state index in [1.807, 2.05) is 0 Å². The summed E-state index contributed by atoms with van der Waals surface area (Å²) in [5, 5.41) is 15.6. The first kappa shape index (κ1) is 7.60. The summed E-state index contributed by atoms with van der Waals surface area (Å²) >= 11 is 4.36. The molecule has 1 radical (unpaired) electrons. The van der Waals surface area contributed by atoms with Gasteiger partial charge in [0.25, 0.3) is 5.12 Å². The molecule has 53 valence electrons. The Kier molecular flexibility index (Phi) is 1.99. The number of benzene rings is 1. The summed E-state index contributed by atoms with van der Waals surface area (Å²) in [6.07, 6.45) is 0. The largest absolute Gasteiger partial charge is 0.353 e. The fourth-order valence-electron chi connectivity index (χ4n) is 0.655. The maximum Gasteiger partial charge on any atom is 0.251 e. The van der Waals surface area contributed by atoms with Gasteiger partial charge in [-0.2, -0.15) is 0 Å². The van der Waals surface area contributed by atoms with Gasteiger partial charge in [0.15, 0.2) is 0 Å². The Morgan fingerprint density at radius 1 is 1.10 bits per heavy atom. The van der Waals surface area contributed by atoms with Crippen molar-refractivity contribution in [3.8, 4) is 0 Å². The highest BCUT2D eigenvalue weighted by Gasteiger charge is 2.19. The third-order valence-corrected chi connectivity index (χ3v) is 1.39. The molecule has 0 unspecified atom stereocenters. The Labute approximate surface area is 64.5 Å². The van der Waals surface area contributed by atoms with Crippen molar-refractivity contribution in [1.29, 1.82) is 0 Å². The van der Waals surface area contributed by atoms with Crippen LogP contribution < -0.4 is 0 Å². The lowest BCUT2D eigenvalue weighted by atomic mass is 10.2. The zero-order valence-electron chi connectivity index (χ0n) is 5.19. The maximum absolute atomic E-state index is 8.86. The van der Waals surface area contributed by atoms with E-state index in [-0.39, 0.29) is 0 Å². The van der Waals surface area contributed by atoms with Gasteiger partial charge < -0.3 is 10.2 Å². The molecular weight excluding hydrogens is 148 g/mol. The molecule has 0 aliphatic carbocycles. The fraction of sp³-hybridized carbons (Fsp3) is 0.143. The Hall–Kier alpha value is -0.510. The summed E-state index contributed by atoms with van der Waals surface area (Å²) in [4.78, 5) is 0. The molecule has 0 spiro atoms. The minimum Gasteiger partial charge on any atom is -0.353 e. The molecule has 0 saturated heterocycles. The molecule has 0 bridgehead atoms. The van der Waals surface area contributed by atoms with E-state index in [4.69, 9.17) is 10.2 Å². The Morgan fingerprint density at radius 2 is 1.60 bits per heavy atom. The predicted molar refractivity (Wildman–Crippen MR) is 40.1 cm³/mol. The van der Waals surface area contributed by atoms with Crippen molar-refractivity contribution in [3.63, 3.8) is 0 Å². The predicted octanol–water partition coefficient (Wildman–Crippen LogP) is 0.979. The quantitative estimate of drug-likeness (QED) is 0.593. The highest BCUT2D eigenvalue weighted by Crippen LogP contribution is 2.20. The fourth-order valence-corrected chi connectivity index (χ4v) is 0.791. The van der Waals surface area contributed by atoms with Gasteiger partial charge in [-0.25, -0.2) is 0 Å². The van der Waals surface area contributed by atoms with Crippen molar-refractivity contribution in [2.75, 3.05) is 0 Å². The van der Waals surface area contributed by atoms with E-state index in [1.54, 1.807) is 30.3 Å². The average molecular weight is 155 g/mol. The molecule has 0 amide bonds. The smallest absolute Gasteiger partial charge is 0.251 e. The van der Waals surface area contributed by atoms with Gasteiger partial charge in [0.05, 0.1) is 0 Å². The van der Waals surface area contributed by atoms with Crippen LogP contribution in [0.4, 0.5) is 0 Å². The highest BCUT2D eigenvalue weighted by molar-refractivity contribution is 7.80. The summed E-state index contributed by atoms with van der Waals surface area (Å²) in [6, 6.07) is 8.30. The molecule has 1 aromatic rings. The standard InChI is InChI=1S/C7H7O2S/c8-7(9,10)6-4-2-1-3-5-6/h1-5,8-9H. The monoisotopic (exact) mass is 155 g/mol. The molecule has 2 nitrogen and oxygen atoms in total. The first-order chi connectivity index (χ1) is 4.61. The molecule has 0 heterocycles. The number of rotatable bonds is 1. The molecule has 2 N–H and O–H groups in total. The van der Waals surface area contributed by atoms with E-state index in [0.29, 0.717) is 5.56 Å². The molecule has 0 atom stereocenters. The van der Waals surface area contributed by atoms with Gasteiger partial charge in [0.1, 0.15) is 0 Å². The van der Waals surface area contributed by atoms with Crippen molar-refractivity contribution in [1.82, 2.24) is 0 Å². The van der Waals surface area contributed by atoms with Crippen LogP contribution in [0.2, 0.25) is 0 Å². The minimum atomic E-state index is -2.12. The average Bonchev–Trinajstić information content (AvgIpc) is 1.88. The Bertz CT molecular complexity index is 203.